The van der Waals surface area contributed by atoms with Crippen LogP contribution in [0, 0.1) is 0 Å². The monoisotopic (exact) mass is 845 g/mol. The first-order valence-corrected chi connectivity index (χ1v) is 20.8. The van der Waals surface area contributed by atoms with E-state index in [1.165, 1.54) is 12.2 Å². The van der Waals surface area contributed by atoms with Gasteiger partial charge in [0.15, 0.2) is 5.84 Å². The van der Waals surface area contributed by atoms with Crippen molar-refractivity contribution in [3.8, 4) is 33.9 Å². The van der Waals surface area contributed by atoms with Gasteiger partial charge in [-0.05, 0) is 83.8 Å². The number of carbonyl (C=O) groups is 3. The number of ether oxygens (including phenoxy) is 2. The fraction of sp³-hybridized carbons (Fsp3) is 0.159. The number of rotatable bonds is 18. The summed E-state index contributed by atoms with van der Waals surface area (Å²) in [6.07, 6.45) is 4.24. The van der Waals surface area contributed by atoms with Gasteiger partial charge in [0.2, 0.25) is 5.91 Å². The molecule has 0 unspecified atom stereocenters. The van der Waals surface area contributed by atoms with Crippen LogP contribution >= 0.6 is 0 Å². The Hall–Kier alpha value is -6.98. The van der Waals surface area contributed by atoms with Crippen molar-refractivity contribution in [3.63, 3.8) is 0 Å². The maximum absolute atomic E-state index is 15.3. The van der Waals surface area contributed by atoms with E-state index in [9.17, 15) is 22.8 Å². The minimum absolute atomic E-state index is 0.00515. The lowest BCUT2D eigenvalue weighted by molar-refractivity contribution is -0.137. The molecule has 0 fully saturated rings. The van der Waals surface area contributed by atoms with E-state index in [1.54, 1.807) is 42.5 Å². The molecule has 13 nitrogen and oxygen atoms in total. The highest BCUT2D eigenvalue weighted by molar-refractivity contribution is 7.85. The van der Waals surface area contributed by atoms with E-state index >= 15 is 8.63 Å². The van der Waals surface area contributed by atoms with E-state index in [2.05, 4.69) is 5.32 Å². The zero-order valence-corrected chi connectivity index (χ0v) is 33.3. The molecule has 61 heavy (non-hydrogen) atoms. The van der Waals surface area contributed by atoms with E-state index in [0.29, 0.717) is 45.0 Å². The lowest BCUT2D eigenvalue weighted by atomic mass is 10.0. The molecule has 0 saturated carbocycles. The maximum atomic E-state index is 15.3. The molecule has 0 spiro atoms. The van der Waals surface area contributed by atoms with Gasteiger partial charge in [0.25, 0.3) is 21.9 Å². The Morgan fingerprint density at radius 1 is 0.787 bits per heavy atom. The van der Waals surface area contributed by atoms with Crippen LogP contribution in [0.5, 0.6) is 11.5 Å². The number of allylic oxidation sites excluding steroid dienone is 1. The molecule has 0 atom stereocenters. The molecule has 7 rings (SSSR count). The number of hydrogen-bond acceptors (Lipinski definition) is 8. The van der Waals surface area contributed by atoms with Crippen molar-refractivity contribution >= 4 is 58.2 Å². The summed E-state index contributed by atoms with van der Waals surface area (Å²) in [4.78, 5) is 46.4. The highest BCUT2D eigenvalue weighted by atomic mass is 32.2. The molecule has 0 bridgehead atoms. The molecule has 5 aromatic rings. The predicted molar refractivity (Wildman–Crippen MR) is 229 cm³/mol. The average molecular weight is 846 g/mol. The lowest BCUT2D eigenvalue weighted by Crippen LogP contribution is -2.35. The topological polar surface area (TPSA) is 169 Å². The van der Waals surface area contributed by atoms with Crippen molar-refractivity contribution in [1.29, 1.82) is 0 Å². The van der Waals surface area contributed by atoms with Gasteiger partial charge in [0.05, 0.1) is 24.6 Å². The molecule has 0 aliphatic carbocycles. The number of halogens is 2. The van der Waals surface area contributed by atoms with Crippen LogP contribution in [0.4, 0.5) is 14.4 Å². The fourth-order valence-corrected chi connectivity index (χ4v) is 7.12. The van der Waals surface area contributed by atoms with Crippen LogP contribution in [0.2, 0.25) is 0 Å². The Kier molecular flexibility index (Phi) is 13.1. The second-order valence-corrected chi connectivity index (χ2v) is 15.4. The number of hydrogen-bond donors (Lipinski definition) is 2. The fourth-order valence-electron chi connectivity index (χ4n) is 6.64. The minimum atomic E-state index is -4.12. The molecular weight excluding hydrogens is 807 g/mol. The Morgan fingerprint density at radius 3 is 1.98 bits per heavy atom. The smallest absolute Gasteiger partial charge is 0.494 e. The highest BCUT2D eigenvalue weighted by Crippen LogP contribution is 2.41. The third-order valence-electron chi connectivity index (χ3n) is 9.61. The van der Waals surface area contributed by atoms with E-state index in [-0.39, 0.29) is 62.4 Å². The largest absolute Gasteiger partial charge is 0.679 e. The molecule has 2 aliphatic rings. The summed E-state index contributed by atoms with van der Waals surface area (Å²) in [7, 11) is -7.12. The van der Waals surface area contributed by atoms with Crippen LogP contribution < -0.4 is 14.8 Å². The van der Waals surface area contributed by atoms with E-state index in [4.69, 9.17) is 24.0 Å². The minimum Gasteiger partial charge on any atom is -0.494 e. The number of carbonyl (C=O) groups excluding carboxylic acids is 3. The summed E-state index contributed by atoms with van der Waals surface area (Å²) >= 11 is 0. The van der Waals surface area contributed by atoms with Crippen molar-refractivity contribution in [1.82, 2.24) is 14.7 Å². The molecule has 1 aromatic heterocycles. The van der Waals surface area contributed by atoms with E-state index in [1.807, 2.05) is 78.9 Å². The molecule has 2 N–H and O–H groups in total. The number of amidine groups is 1. The zero-order chi connectivity index (χ0) is 42.9. The maximum Gasteiger partial charge on any atom is 0.679 e. The van der Waals surface area contributed by atoms with Crippen molar-refractivity contribution in [2.75, 3.05) is 32.1 Å². The van der Waals surface area contributed by atoms with Crippen molar-refractivity contribution in [2.24, 2.45) is 9.98 Å². The molecule has 2 aliphatic heterocycles. The molecule has 0 radical (unpaired) electrons. The molecule has 17 heteroatoms. The van der Waals surface area contributed by atoms with Crippen LogP contribution in [0.1, 0.15) is 24.0 Å². The van der Waals surface area contributed by atoms with Gasteiger partial charge < -0.3 is 19.3 Å². The molecule has 0 saturated heterocycles. The number of aromatic nitrogens is 1. The molecule has 4 aromatic carbocycles. The Labute approximate surface area is 350 Å². The van der Waals surface area contributed by atoms with Gasteiger partial charge in [0.1, 0.15) is 23.9 Å². The lowest BCUT2D eigenvalue weighted by Gasteiger charge is -2.13. The van der Waals surface area contributed by atoms with Crippen molar-refractivity contribution in [3.05, 3.63) is 145 Å². The normalized spacial score (nSPS) is 14.3. The third kappa shape index (κ3) is 10.6. The third-order valence-corrected chi connectivity index (χ3v) is 10.4. The van der Waals surface area contributed by atoms with Gasteiger partial charge in [-0.2, -0.15) is 8.42 Å². The summed E-state index contributed by atoms with van der Waals surface area (Å²) in [6, 6.07) is 33.7. The molecule has 310 valence electrons. The highest BCUT2D eigenvalue weighted by Gasteiger charge is 2.30. The van der Waals surface area contributed by atoms with E-state index in [0.717, 1.165) is 14.9 Å². The number of nitrogens with one attached hydrogen (secondary N) is 1. The van der Waals surface area contributed by atoms with E-state index < -0.39 is 35.1 Å². The van der Waals surface area contributed by atoms with Gasteiger partial charge in [0, 0.05) is 47.5 Å². The molecule has 3 heterocycles. The van der Waals surface area contributed by atoms with Crippen LogP contribution in [-0.2, 0) is 24.5 Å². The first kappa shape index (κ1) is 42.2. The predicted octanol–water partition coefficient (Wildman–Crippen LogP) is 6.68. The number of imide groups is 1. The molecular formula is C44H38BF2N5O8S. The Balaban J connectivity index is 1.13. The number of aliphatic imine (C=N–C) groups is 2. The zero-order valence-electron chi connectivity index (χ0n) is 32.5. The second-order valence-electron chi connectivity index (χ2n) is 13.8. The van der Waals surface area contributed by atoms with Gasteiger partial charge in [-0.15, -0.1) is 0 Å². The van der Waals surface area contributed by atoms with Crippen LogP contribution in [0.15, 0.2) is 143 Å². The first-order valence-electron chi connectivity index (χ1n) is 19.2. The van der Waals surface area contributed by atoms with Gasteiger partial charge in [-0.25, -0.2) is 9.98 Å². The quantitative estimate of drug-likeness (QED) is 0.0426. The average Bonchev–Trinajstić information content (AvgIpc) is 3.96. The summed E-state index contributed by atoms with van der Waals surface area (Å²) in [5.41, 5.74) is 4.44. The van der Waals surface area contributed by atoms with Crippen molar-refractivity contribution in [2.45, 2.75) is 12.8 Å². The van der Waals surface area contributed by atoms with Crippen LogP contribution in [-0.4, -0.2) is 91.1 Å². The Morgan fingerprint density at radius 2 is 1.38 bits per heavy atom. The number of benzene rings is 4. The first-order chi connectivity index (χ1) is 29.4. The number of amides is 3. The SMILES string of the molecule is O=C(CCN1C(=O)C=CC1=O)NCCOc1ccc(C2=N/C(=N\c3c(-c4ccccc4)cc(-c4ccc(OCCCS(=O)(=O)O)cc4)n3B(F)F)C(c3ccccc3)=C2)cc1. The summed E-state index contributed by atoms with van der Waals surface area (Å²) in [5, 5.41) is 2.71. The van der Waals surface area contributed by atoms with Crippen molar-refractivity contribution < 1.29 is 45.5 Å². The van der Waals surface area contributed by atoms with Crippen LogP contribution in [0.3, 0.4) is 0 Å². The molecule has 3 amide bonds. The standard InChI is InChI=1S/C44H38BF2N5O8S/c46-45(47)52-39(33-14-18-34(19-15-33)59-25-7-27-61(56,57)58)29-37(31-10-5-2-6-11-31)44(52)50-43-36(30-8-3-1-4-9-30)28-38(49-43)32-12-16-35(17-13-32)60-26-23-48-40(53)22-24-51-41(54)20-21-42(51)55/h1-6,8-21,28-29H,7,22-27H2,(H,48,53)(H,56,57,58)/b50-43-. The van der Waals surface area contributed by atoms with Gasteiger partial charge >= 0.3 is 7.40 Å². The number of nitrogens with zero attached hydrogens (tertiary/aromatic N) is 4. The summed E-state index contributed by atoms with van der Waals surface area (Å²) in [6.45, 7) is 0.381. The summed E-state index contributed by atoms with van der Waals surface area (Å²) in [5.74, 6) is -0.512. The van der Waals surface area contributed by atoms with Crippen LogP contribution in [0.25, 0.3) is 28.0 Å². The Bertz CT molecular complexity index is 2630. The summed E-state index contributed by atoms with van der Waals surface area (Å²) < 4.78 is 74.0. The second kappa shape index (κ2) is 19.0. The van der Waals surface area contributed by atoms with Gasteiger partial charge in [-0.3, -0.25) is 32.5 Å². The van der Waals surface area contributed by atoms with Gasteiger partial charge in [-0.1, -0.05) is 60.7 Å².